The summed E-state index contributed by atoms with van der Waals surface area (Å²) in [5, 5.41) is 4.21. The van der Waals surface area contributed by atoms with Gasteiger partial charge in [-0.1, -0.05) is 30.1 Å². The molecule has 0 aliphatic carbocycles. The number of nitrogens with one attached hydrogen (secondary N) is 1. The summed E-state index contributed by atoms with van der Waals surface area (Å²) in [5.74, 6) is 1.05. The van der Waals surface area contributed by atoms with E-state index in [0.717, 1.165) is 25.2 Å². The third kappa shape index (κ3) is 4.00. The summed E-state index contributed by atoms with van der Waals surface area (Å²) in [7, 11) is 0. The van der Waals surface area contributed by atoms with Gasteiger partial charge in [-0.3, -0.25) is 4.79 Å². The van der Waals surface area contributed by atoms with E-state index in [1.807, 2.05) is 17.0 Å². The SMILES string of the molecule is C[C@H]1CCCN(C(=O)c2cnc(Nc3ccc(Cl)cc3)c(Cl)c2)C1. The number of benzene rings is 1. The number of aromatic nitrogens is 1. The van der Waals surface area contributed by atoms with Crippen LogP contribution in [0.3, 0.4) is 0 Å². The maximum Gasteiger partial charge on any atom is 0.255 e. The molecule has 1 fully saturated rings. The molecule has 2 aromatic rings. The molecule has 1 aromatic heterocycles. The van der Waals surface area contributed by atoms with Crippen molar-refractivity contribution in [2.45, 2.75) is 19.8 Å². The minimum absolute atomic E-state index is 0.00556. The lowest BCUT2D eigenvalue weighted by atomic mass is 10.00. The molecule has 1 saturated heterocycles. The normalized spacial score (nSPS) is 17.6. The summed E-state index contributed by atoms with van der Waals surface area (Å²) in [6.07, 6.45) is 3.79. The Morgan fingerprint density at radius 1 is 1.29 bits per heavy atom. The lowest BCUT2D eigenvalue weighted by Gasteiger charge is -2.31. The highest BCUT2D eigenvalue weighted by Crippen LogP contribution is 2.26. The van der Waals surface area contributed by atoms with Crippen LogP contribution in [0.15, 0.2) is 36.5 Å². The number of halogens is 2. The molecular weight excluding hydrogens is 345 g/mol. The summed E-state index contributed by atoms with van der Waals surface area (Å²) >= 11 is 12.2. The van der Waals surface area contributed by atoms with Gasteiger partial charge in [-0.05, 0) is 49.1 Å². The fourth-order valence-corrected chi connectivity index (χ4v) is 3.21. The Morgan fingerprint density at radius 3 is 2.71 bits per heavy atom. The van der Waals surface area contributed by atoms with Crippen LogP contribution in [0.1, 0.15) is 30.1 Å². The van der Waals surface area contributed by atoms with Crippen LogP contribution in [0.4, 0.5) is 11.5 Å². The molecule has 1 N–H and O–H groups in total. The number of carbonyl (C=O) groups is 1. The molecule has 6 heteroatoms. The number of hydrogen-bond donors (Lipinski definition) is 1. The van der Waals surface area contributed by atoms with Gasteiger partial charge in [0.2, 0.25) is 0 Å². The van der Waals surface area contributed by atoms with Gasteiger partial charge >= 0.3 is 0 Å². The van der Waals surface area contributed by atoms with Gasteiger partial charge in [0.1, 0.15) is 5.82 Å². The Labute approximate surface area is 151 Å². The molecule has 0 saturated carbocycles. The molecule has 0 spiro atoms. The number of hydrogen-bond acceptors (Lipinski definition) is 3. The molecule has 0 radical (unpaired) electrons. The number of anilines is 2. The molecule has 0 bridgehead atoms. The van der Waals surface area contributed by atoms with E-state index in [2.05, 4.69) is 17.2 Å². The maximum atomic E-state index is 12.6. The van der Waals surface area contributed by atoms with Crippen molar-refractivity contribution >= 4 is 40.6 Å². The molecule has 1 amide bonds. The van der Waals surface area contributed by atoms with Crippen LogP contribution in [0.25, 0.3) is 0 Å². The molecule has 1 aromatic carbocycles. The number of pyridine rings is 1. The van der Waals surface area contributed by atoms with E-state index in [1.165, 1.54) is 6.42 Å². The number of likely N-dealkylation sites (tertiary alicyclic amines) is 1. The van der Waals surface area contributed by atoms with Crippen LogP contribution >= 0.6 is 23.2 Å². The number of amides is 1. The first kappa shape index (κ1) is 17.1. The first-order chi connectivity index (χ1) is 11.5. The van der Waals surface area contributed by atoms with Gasteiger partial charge in [0.05, 0.1) is 10.6 Å². The molecule has 0 unspecified atom stereocenters. The number of nitrogens with zero attached hydrogens (tertiary/aromatic N) is 2. The van der Waals surface area contributed by atoms with E-state index in [1.54, 1.807) is 24.4 Å². The van der Waals surface area contributed by atoms with Crippen molar-refractivity contribution in [3.8, 4) is 0 Å². The zero-order valence-corrected chi connectivity index (χ0v) is 14.9. The number of carbonyl (C=O) groups excluding carboxylic acids is 1. The second-order valence-corrected chi connectivity index (χ2v) is 7.03. The predicted molar refractivity (Wildman–Crippen MR) is 98.3 cm³/mol. The van der Waals surface area contributed by atoms with Crippen LogP contribution < -0.4 is 5.32 Å². The van der Waals surface area contributed by atoms with Crippen molar-refractivity contribution < 1.29 is 4.79 Å². The van der Waals surface area contributed by atoms with Crippen molar-refractivity contribution in [2.24, 2.45) is 5.92 Å². The van der Waals surface area contributed by atoms with Gasteiger partial charge in [0, 0.05) is 30.0 Å². The van der Waals surface area contributed by atoms with Crippen LogP contribution in [0, 0.1) is 5.92 Å². The lowest BCUT2D eigenvalue weighted by molar-refractivity contribution is 0.0682. The minimum atomic E-state index is -0.00556. The summed E-state index contributed by atoms with van der Waals surface area (Å²) < 4.78 is 0. The highest BCUT2D eigenvalue weighted by atomic mass is 35.5. The van der Waals surface area contributed by atoms with E-state index >= 15 is 0 Å². The van der Waals surface area contributed by atoms with Crippen molar-refractivity contribution in [2.75, 3.05) is 18.4 Å². The van der Waals surface area contributed by atoms with Crippen LogP contribution in [0.5, 0.6) is 0 Å². The highest BCUT2D eigenvalue weighted by molar-refractivity contribution is 6.33. The Bertz CT molecular complexity index is 734. The van der Waals surface area contributed by atoms with Crippen molar-refractivity contribution in [1.29, 1.82) is 0 Å². The first-order valence-corrected chi connectivity index (χ1v) is 8.76. The fraction of sp³-hybridized carbons (Fsp3) is 0.333. The second kappa shape index (κ2) is 7.41. The minimum Gasteiger partial charge on any atom is -0.339 e. The quantitative estimate of drug-likeness (QED) is 0.833. The van der Waals surface area contributed by atoms with Crippen LogP contribution in [-0.4, -0.2) is 28.9 Å². The van der Waals surface area contributed by atoms with Crippen molar-refractivity contribution in [1.82, 2.24) is 9.88 Å². The largest absolute Gasteiger partial charge is 0.339 e. The third-order valence-electron chi connectivity index (χ3n) is 4.14. The highest BCUT2D eigenvalue weighted by Gasteiger charge is 2.22. The molecule has 2 heterocycles. The molecule has 3 rings (SSSR count). The van der Waals surface area contributed by atoms with E-state index in [9.17, 15) is 4.79 Å². The second-order valence-electron chi connectivity index (χ2n) is 6.18. The Balaban J connectivity index is 1.74. The fourth-order valence-electron chi connectivity index (χ4n) is 2.87. The molecule has 1 atom stereocenters. The van der Waals surface area contributed by atoms with E-state index in [4.69, 9.17) is 23.2 Å². The van der Waals surface area contributed by atoms with Gasteiger partial charge in [0.25, 0.3) is 5.91 Å². The Morgan fingerprint density at radius 2 is 2.04 bits per heavy atom. The maximum absolute atomic E-state index is 12.6. The van der Waals surface area contributed by atoms with E-state index in [-0.39, 0.29) is 5.91 Å². The summed E-state index contributed by atoms with van der Waals surface area (Å²) in [6.45, 7) is 3.76. The number of rotatable bonds is 3. The summed E-state index contributed by atoms with van der Waals surface area (Å²) in [4.78, 5) is 18.8. The van der Waals surface area contributed by atoms with Gasteiger partial charge in [-0.2, -0.15) is 0 Å². The molecular formula is C18H19Cl2N3O. The van der Waals surface area contributed by atoms with E-state index in [0.29, 0.717) is 27.3 Å². The van der Waals surface area contributed by atoms with Crippen molar-refractivity contribution in [3.63, 3.8) is 0 Å². The monoisotopic (exact) mass is 363 g/mol. The van der Waals surface area contributed by atoms with Gasteiger partial charge in [-0.25, -0.2) is 4.98 Å². The average Bonchev–Trinajstić information content (AvgIpc) is 2.58. The van der Waals surface area contributed by atoms with E-state index < -0.39 is 0 Å². The zero-order valence-electron chi connectivity index (χ0n) is 13.4. The average molecular weight is 364 g/mol. The van der Waals surface area contributed by atoms with Gasteiger partial charge < -0.3 is 10.2 Å². The Hall–Kier alpha value is -1.78. The molecule has 4 nitrogen and oxygen atoms in total. The van der Waals surface area contributed by atoms with Gasteiger partial charge in [0.15, 0.2) is 0 Å². The lowest BCUT2D eigenvalue weighted by Crippen LogP contribution is -2.39. The topological polar surface area (TPSA) is 45.2 Å². The van der Waals surface area contributed by atoms with Gasteiger partial charge in [-0.15, -0.1) is 0 Å². The van der Waals surface area contributed by atoms with Crippen molar-refractivity contribution in [3.05, 3.63) is 52.1 Å². The predicted octanol–water partition coefficient (Wildman–Crippen LogP) is 5.00. The Kier molecular flexibility index (Phi) is 5.27. The summed E-state index contributed by atoms with van der Waals surface area (Å²) in [6, 6.07) is 8.93. The summed E-state index contributed by atoms with van der Waals surface area (Å²) in [5.41, 5.74) is 1.36. The molecule has 126 valence electrons. The van der Waals surface area contributed by atoms with Crippen LogP contribution in [-0.2, 0) is 0 Å². The zero-order chi connectivity index (χ0) is 17.1. The molecule has 24 heavy (non-hydrogen) atoms. The molecule has 1 aliphatic heterocycles. The third-order valence-corrected chi connectivity index (χ3v) is 4.68. The standard InChI is InChI=1S/C18H19Cl2N3O/c1-12-3-2-8-23(11-12)18(24)13-9-16(20)17(21-10-13)22-15-6-4-14(19)5-7-15/h4-7,9-10,12H,2-3,8,11H2,1H3,(H,21,22)/t12-/m0/s1. The number of piperidine rings is 1. The molecule has 1 aliphatic rings. The first-order valence-electron chi connectivity index (χ1n) is 8.00. The van der Waals surface area contributed by atoms with Crippen LogP contribution in [0.2, 0.25) is 10.0 Å². The smallest absolute Gasteiger partial charge is 0.255 e.